The van der Waals surface area contributed by atoms with Crippen molar-refractivity contribution in [1.82, 2.24) is 5.32 Å². The lowest BCUT2D eigenvalue weighted by Crippen LogP contribution is -2.14. The van der Waals surface area contributed by atoms with E-state index in [1.165, 1.54) is 12.1 Å². The van der Waals surface area contributed by atoms with Crippen LogP contribution in [0, 0.1) is 18.6 Å². The van der Waals surface area contributed by atoms with E-state index in [4.69, 9.17) is 0 Å². The van der Waals surface area contributed by atoms with Gasteiger partial charge in [0, 0.05) is 29.2 Å². The second kappa shape index (κ2) is 6.26. The third-order valence-electron chi connectivity index (χ3n) is 2.88. The molecule has 0 spiro atoms. The first kappa shape index (κ1) is 14.2. The van der Waals surface area contributed by atoms with Gasteiger partial charge in [-0.25, -0.2) is 8.78 Å². The molecule has 19 heavy (non-hydrogen) atoms. The molecule has 2 aromatic carbocycles. The minimum atomic E-state index is -0.551. The predicted octanol–water partition coefficient (Wildman–Crippen LogP) is 4.33. The summed E-state index contributed by atoms with van der Waals surface area (Å²) in [6.07, 6.45) is 0. The Labute approximate surface area is 119 Å². The van der Waals surface area contributed by atoms with Crippen molar-refractivity contribution in [2.45, 2.75) is 20.0 Å². The van der Waals surface area contributed by atoms with Crippen LogP contribution in [0.5, 0.6) is 0 Å². The topological polar surface area (TPSA) is 12.0 Å². The van der Waals surface area contributed by atoms with Gasteiger partial charge in [-0.05, 0) is 30.2 Å². The fourth-order valence-electron chi connectivity index (χ4n) is 1.82. The van der Waals surface area contributed by atoms with E-state index in [1.807, 2.05) is 19.1 Å². The first-order chi connectivity index (χ1) is 9.06. The molecule has 0 heterocycles. The molecule has 0 aromatic heterocycles. The Balaban J connectivity index is 1.94. The summed E-state index contributed by atoms with van der Waals surface area (Å²) in [5.41, 5.74) is 2.76. The number of aryl methyl sites for hydroxylation is 1. The van der Waals surface area contributed by atoms with Crippen LogP contribution < -0.4 is 5.32 Å². The van der Waals surface area contributed by atoms with Gasteiger partial charge in [-0.2, -0.15) is 0 Å². The molecule has 0 amide bonds. The van der Waals surface area contributed by atoms with E-state index in [-0.39, 0.29) is 0 Å². The third kappa shape index (κ3) is 3.85. The van der Waals surface area contributed by atoms with E-state index in [2.05, 4.69) is 27.3 Å². The van der Waals surface area contributed by atoms with Crippen LogP contribution in [0.1, 0.15) is 16.7 Å². The number of benzene rings is 2. The van der Waals surface area contributed by atoms with Gasteiger partial charge in [-0.15, -0.1) is 0 Å². The van der Waals surface area contributed by atoms with Crippen molar-refractivity contribution in [2.24, 2.45) is 0 Å². The van der Waals surface area contributed by atoms with Crippen molar-refractivity contribution in [3.05, 3.63) is 69.2 Å². The molecule has 4 heteroatoms. The van der Waals surface area contributed by atoms with Crippen LogP contribution in [-0.4, -0.2) is 0 Å². The summed E-state index contributed by atoms with van der Waals surface area (Å²) in [5, 5.41) is 3.15. The molecule has 1 N–H and O–H groups in total. The van der Waals surface area contributed by atoms with Crippen LogP contribution in [0.4, 0.5) is 8.78 Å². The molecule has 1 nitrogen and oxygen atoms in total. The van der Waals surface area contributed by atoms with E-state index >= 15 is 0 Å². The van der Waals surface area contributed by atoms with Gasteiger partial charge in [0.05, 0.1) is 0 Å². The maximum atomic E-state index is 13.4. The summed E-state index contributed by atoms with van der Waals surface area (Å²) >= 11 is 3.45. The summed E-state index contributed by atoms with van der Waals surface area (Å²) in [7, 11) is 0. The van der Waals surface area contributed by atoms with Crippen LogP contribution in [0.25, 0.3) is 0 Å². The van der Waals surface area contributed by atoms with Crippen molar-refractivity contribution in [3.8, 4) is 0 Å². The first-order valence-corrected chi connectivity index (χ1v) is 6.75. The second-order valence-electron chi connectivity index (χ2n) is 4.42. The summed E-state index contributed by atoms with van der Waals surface area (Å²) in [6.45, 7) is 3.04. The quantitative estimate of drug-likeness (QED) is 0.882. The van der Waals surface area contributed by atoms with Gasteiger partial charge in [0.2, 0.25) is 0 Å². The van der Waals surface area contributed by atoms with Crippen molar-refractivity contribution in [1.29, 1.82) is 0 Å². The van der Waals surface area contributed by atoms with Gasteiger partial charge in [0.1, 0.15) is 11.6 Å². The zero-order chi connectivity index (χ0) is 13.8. The number of nitrogens with one attached hydrogen (secondary N) is 1. The molecule has 0 aliphatic heterocycles. The highest BCUT2D eigenvalue weighted by atomic mass is 79.9. The van der Waals surface area contributed by atoms with Crippen LogP contribution in [-0.2, 0) is 13.1 Å². The minimum Gasteiger partial charge on any atom is -0.309 e. The van der Waals surface area contributed by atoms with Crippen LogP contribution in [0.2, 0.25) is 0 Å². The standard InChI is InChI=1S/C15H14BrF2N/c1-10-6-11(2-5-14(10)16)8-19-9-12-3-4-13(17)7-15(12)18/h2-7,19H,8-9H2,1H3. The molecule has 0 unspecified atom stereocenters. The Morgan fingerprint density at radius 1 is 1.05 bits per heavy atom. The molecule has 0 saturated carbocycles. The molecule has 0 aliphatic rings. The maximum Gasteiger partial charge on any atom is 0.130 e. The van der Waals surface area contributed by atoms with Gasteiger partial charge in [0.25, 0.3) is 0 Å². The SMILES string of the molecule is Cc1cc(CNCc2ccc(F)cc2F)ccc1Br. The van der Waals surface area contributed by atoms with Gasteiger partial charge >= 0.3 is 0 Å². The van der Waals surface area contributed by atoms with Crippen molar-refractivity contribution >= 4 is 15.9 Å². The van der Waals surface area contributed by atoms with E-state index in [0.29, 0.717) is 18.7 Å². The normalized spacial score (nSPS) is 10.7. The largest absolute Gasteiger partial charge is 0.309 e. The zero-order valence-corrected chi connectivity index (χ0v) is 12.1. The molecule has 0 atom stereocenters. The highest BCUT2D eigenvalue weighted by molar-refractivity contribution is 9.10. The Morgan fingerprint density at radius 3 is 2.53 bits per heavy atom. The maximum absolute atomic E-state index is 13.4. The van der Waals surface area contributed by atoms with Crippen molar-refractivity contribution in [3.63, 3.8) is 0 Å². The lowest BCUT2D eigenvalue weighted by molar-refractivity contribution is 0.560. The summed E-state index contributed by atoms with van der Waals surface area (Å²) in [5.74, 6) is -1.07. The molecule has 0 aliphatic carbocycles. The van der Waals surface area contributed by atoms with E-state index in [1.54, 1.807) is 0 Å². The third-order valence-corrected chi connectivity index (χ3v) is 3.77. The average Bonchev–Trinajstić information content (AvgIpc) is 2.36. The molecule has 100 valence electrons. The monoisotopic (exact) mass is 325 g/mol. The van der Waals surface area contributed by atoms with E-state index in [0.717, 1.165) is 21.7 Å². The summed E-state index contributed by atoms with van der Waals surface area (Å²) in [6, 6.07) is 9.70. The summed E-state index contributed by atoms with van der Waals surface area (Å²) in [4.78, 5) is 0. The lowest BCUT2D eigenvalue weighted by Gasteiger charge is -2.08. The molecular weight excluding hydrogens is 312 g/mol. The van der Waals surface area contributed by atoms with Gasteiger partial charge in [-0.3, -0.25) is 0 Å². The smallest absolute Gasteiger partial charge is 0.130 e. The van der Waals surface area contributed by atoms with Crippen LogP contribution in [0.15, 0.2) is 40.9 Å². The first-order valence-electron chi connectivity index (χ1n) is 5.96. The summed E-state index contributed by atoms with van der Waals surface area (Å²) < 4.78 is 27.2. The number of rotatable bonds is 4. The number of hydrogen-bond acceptors (Lipinski definition) is 1. The van der Waals surface area contributed by atoms with Gasteiger partial charge in [0.15, 0.2) is 0 Å². The minimum absolute atomic E-state index is 0.376. The Bertz CT molecular complexity index is 584. The van der Waals surface area contributed by atoms with Crippen molar-refractivity contribution in [2.75, 3.05) is 0 Å². The number of halogens is 3. The zero-order valence-electron chi connectivity index (χ0n) is 10.5. The van der Waals surface area contributed by atoms with Gasteiger partial charge < -0.3 is 5.32 Å². The fraction of sp³-hybridized carbons (Fsp3) is 0.200. The molecule has 2 rings (SSSR count). The molecule has 0 fully saturated rings. The van der Waals surface area contributed by atoms with Crippen LogP contribution in [0.3, 0.4) is 0 Å². The molecule has 0 saturated heterocycles. The molecule has 2 aromatic rings. The highest BCUT2D eigenvalue weighted by Crippen LogP contribution is 2.17. The number of hydrogen-bond donors (Lipinski definition) is 1. The fourth-order valence-corrected chi connectivity index (χ4v) is 2.07. The molecule has 0 radical (unpaired) electrons. The predicted molar refractivity (Wildman–Crippen MR) is 75.8 cm³/mol. The van der Waals surface area contributed by atoms with Crippen LogP contribution >= 0.6 is 15.9 Å². The second-order valence-corrected chi connectivity index (χ2v) is 5.28. The lowest BCUT2D eigenvalue weighted by atomic mass is 10.1. The average molecular weight is 326 g/mol. The van der Waals surface area contributed by atoms with Crippen molar-refractivity contribution < 1.29 is 8.78 Å². The Morgan fingerprint density at radius 2 is 1.84 bits per heavy atom. The van der Waals surface area contributed by atoms with E-state index in [9.17, 15) is 8.78 Å². The highest BCUT2D eigenvalue weighted by Gasteiger charge is 2.03. The Hall–Kier alpha value is -1.26. The van der Waals surface area contributed by atoms with Gasteiger partial charge in [-0.1, -0.05) is 34.1 Å². The Kier molecular flexibility index (Phi) is 4.66. The molecular formula is C15H14BrF2N. The molecule has 0 bridgehead atoms. The van der Waals surface area contributed by atoms with E-state index < -0.39 is 11.6 Å².